The fourth-order valence-corrected chi connectivity index (χ4v) is 6.07. The van der Waals surface area contributed by atoms with E-state index in [0.717, 1.165) is 0 Å². The molecule has 5 rings (SSSR count). The highest BCUT2D eigenvalue weighted by Crippen LogP contribution is 2.35. The van der Waals surface area contributed by atoms with Gasteiger partial charge in [-0.1, -0.05) is 6.92 Å². The molecule has 3 amide bonds. The molecule has 2 heterocycles. The van der Waals surface area contributed by atoms with Crippen molar-refractivity contribution in [2.24, 2.45) is 5.92 Å². The van der Waals surface area contributed by atoms with Gasteiger partial charge in [-0.05, 0) is 61.5 Å². The molecule has 0 radical (unpaired) electrons. The number of fused-ring (bicyclic) bond motifs is 2. The van der Waals surface area contributed by atoms with E-state index < -0.39 is 28.1 Å². The van der Waals surface area contributed by atoms with Crippen molar-refractivity contribution in [2.75, 3.05) is 50.7 Å². The number of sulfonamides is 1. The van der Waals surface area contributed by atoms with Gasteiger partial charge in [0.1, 0.15) is 17.6 Å². The van der Waals surface area contributed by atoms with E-state index in [1.807, 2.05) is 6.92 Å². The molecule has 3 atom stereocenters. The van der Waals surface area contributed by atoms with Gasteiger partial charge in [0, 0.05) is 37.0 Å². The van der Waals surface area contributed by atoms with Crippen molar-refractivity contribution in [3.8, 4) is 23.0 Å². The first-order valence-electron chi connectivity index (χ1n) is 14.3. The zero-order chi connectivity index (χ0) is 32.3. The van der Waals surface area contributed by atoms with Crippen LogP contribution in [0.2, 0.25) is 0 Å². The molecule has 0 saturated carbocycles. The van der Waals surface area contributed by atoms with Crippen LogP contribution in [0.15, 0.2) is 65.6 Å². The average molecular weight is 641 g/mol. The molecule has 0 fully saturated rings. The Morgan fingerprint density at radius 1 is 1.07 bits per heavy atom. The van der Waals surface area contributed by atoms with Gasteiger partial charge in [0.25, 0.3) is 15.9 Å². The SMILES string of the molecule is COc1ccc(S(=O)(=O)Nc2ccc3c(c2)C(=O)N([C@@H](C)CO)C[C@@H](C)[C@@H](CN(C)C(=O)Nc2ccc4c(c2)OCO4)O3)cc1. The van der Waals surface area contributed by atoms with Gasteiger partial charge in [0.2, 0.25) is 6.79 Å². The van der Waals surface area contributed by atoms with E-state index >= 15 is 0 Å². The first-order valence-corrected chi connectivity index (χ1v) is 15.8. The van der Waals surface area contributed by atoms with E-state index in [1.54, 1.807) is 32.2 Å². The highest BCUT2D eigenvalue weighted by molar-refractivity contribution is 7.92. The lowest BCUT2D eigenvalue weighted by atomic mass is 9.99. The molecule has 2 aliphatic rings. The molecule has 14 heteroatoms. The topological polar surface area (TPSA) is 156 Å². The van der Waals surface area contributed by atoms with Gasteiger partial charge < -0.3 is 39.2 Å². The summed E-state index contributed by atoms with van der Waals surface area (Å²) in [5.41, 5.74) is 0.810. The van der Waals surface area contributed by atoms with Crippen LogP contribution in [0.5, 0.6) is 23.0 Å². The Morgan fingerprint density at radius 2 is 1.76 bits per heavy atom. The highest BCUT2D eigenvalue weighted by Gasteiger charge is 2.34. The van der Waals surface area contributed by atoms with Crippen molar-refractivity contribution < 1.29 is 42.1 Å². The third-order valence-corrected chi connectivity index (χ3v) is 9.11. The van der Waals surface area contributed by atoms with Crippen molar-refractivity contribution in [1.82, 2.24) is 9.80 Å². The maximum atomic E-state index is 13.8. The van der Waals surface area contributed by atoms with E-state index in [1.165, 1.54) is 59.4 Å². The third-order valence-electron chi connectivity index (χ3n) is 7.71. The van der Waals surface area contributed by atoms with Crippen LogP contribution in [-0.2, 0) is 10.0 Å². The second kappa shape index (κ2) is 13.1. The van der Waals surface area contributed by atoms with Crippen LogP contribution in [0.3, 0.4) is 0 Å². The molecule has 0 aromatic heterocycles. The predicted octanol–water partition coefficient (Wildman–Crippen LogP) is 3.61. The lowest BCUT2D eigenvalue weighted by Crippen LogP contribution is -2.50. The summed E-state index contributed by atoms with van der Waals surface area (Å²) in [4.78, 5) is 29.9. The van der Waals surface area contributed by atoms with Crippen molar-refractivity contribution in [3.05, 3.63) is 66.2 Å². The average Bonchev–Trinajstić information content (AvgIpc) is 3.50. The Kier molecular flexibility index (Phi) is 9.25. The molecule has 0 saturated heterocycles. The van der Waals surface area contributed by atoms with Crippen LogP contribution < -0.4 is 29.0 Å². The molecule has 0 spiro atoms. The maximum Gasteiger partial charge on any atom is 0.321 e. The molecule has 3 N–H and O–H groups in total. The number of nitrogens with one attached hydrogen (secondary N) is 2. The minimum absolute atomic E-state index is 0.0177. The maximum absolute atomic E-state index is 13.8. The molecule has 3 aromatic rings. The number of nitrogens with zero attached hydrogens (tertiary/aromatic N) is 2. The molecular weight excluding hydrogens is 604 g/mol. The number of aliphatic hydroxyl groups excluding tert-OH is 1. The van der Waals surface area contributed by atoms with Crippen LogP contribution >= 0.6 is 0 Å². The number of ether oxygens (including phenoxy) is 4. The molecule has 0 bridgehead atoms. The highest BCUT2D eigenvalue weighted by atomic mass is 32.2. The van der Waals surface area contributed by atoms with E-state index in [-0.39, 0.29) is 60.3 Å². The lowest BCUT2D eigenvalue weighted by Gasteiger charge is -2.38. The summed E-state index contributed by atoms with van der Waals surface area (Å²) in [6.07, 6.45) is -0.556. The van der Waals surface area contributed by atoms with Crippen LogP contribution in [0, 0.1) is 5.92 Å². The number of urea groups is 1. The number of likely N-dealkylation sites (N-methyl/N-ethyl adjacent to an activating group) is 1. The second-order valence-electron chi connectivity index (χ2n) is 11.0. The third kappa shape index (κ3) is 7.02. The van der Waals surface area contributed by atoms with Crippen molar-refractivity contribution >= 4 is 33.3 Å². The normalized spacial score (nSPS) is 18.2. The summed E-state index contributed by atoms with van der Waals surface area (Å²) in [5, 5.41) is 12.8. The monoisotopic (exact) mass is 640 g/mol. The van der Waals surface area contributed by atoms with Gasteiger partial charge in [-0.25, -0.2) is 13.2 Å². The van der Waals surface area contributed by atoms with E-state index in [2.05, 4.69) is 10.0 Å². The Morgan fingerprint density at radius 3 is 2.47 bits per heavy atom. The summed E-state index contributed by atoms with van der Waals surface area (Å²) < 4.78 is 50.9. The molecule has 45 heavy (non-hydrogen) atoms. The predicted molar refractivity (Wildman–Crippen MR) is 166 cm³/mol. The van der Waals surface area contributed by atoms with Gasteiger partial charge >= 0.3 is 6.03 Å². The molecule has 2 aliphatic heterocycles. The largest absolute Gasteiger partial charge is 0.497 e. The van der Waals surface area contributed by atoms with Crippen LogP contribution in [0.1, 0.15) is 24.2 Å². The minimum Gasteiger partial charge on any atom is -0.497 e. The summed E-state index contributed by atoms with van der Waals surface area (Å²) in [6.45, 7) is 3.86. The van der Waals surface area contributed by atoms with Gasteiger partial charge in [0.05, 0.1) is 36.8 Å². The van der Waals surface area contributed by atoms with Gasteiger partial charge in [-0.15, -0.1) is 0 Å². The molecule has 0 unspecified atom stereocenters. The molecule has 3 aromatic carbocycles. The van der Waals surface area contributed by atoms with Crippen molar-refractivity contribution in [3.63, 3.8) is 0 Å². The Labute approximate surface area is 261 Å². The quantitative estimate of drug-likeness (QED) is 0.318. The van der Waals surface area contributed by atoms with E-state index in [9.17, 15) is 23.1 Å². The molecule has 13 nitrogen and oxygen atoms in total. The Bertz CT molecular complexity index is 1670. The summed E-state index contributed by atoms with van der Waals surface area (Å²) in [6, 6.07) is 14.5. The van der Waals surface area contributed by atoms with Crippen molar-refractivity contribution in [2.45, 2.75) is 30.9 Å². The summed E-state index contributed by atoms with van der Waals surface area (Å²) in [7, 11) is -0.866. The first-order chi connectivity index (χ1) is 21.5. The zero-order valence-corrected chi connectivity index (χ0v) is 26.2. The summed E-state index contributed by atoms with van der Waals surface area (Å²) >= 11 is 0. The minimum atomic E-state index is -3.98. The smallest absolute Gasteiger partial charge is 0.321 e. The van der Waals surface area contributed by atoms with E-state index in [4.69, 9.17) is 18.9 Å². The van der Waals surface area contributed by atoms with Gasteiger partial charge in [-0.3, -0.25) is 9.52 Å². The van der Waals surface area contributed by atoms with Crippen LogP contribution in [0.25, 0.3) is 0 Å². The first kappa shape index (κ1) is 31.7. The number of rotatable bonds is 9. The molecular formula is C31H36N4O9S. The number of anilines is 2. The van der Waals surface area contributed by atoms with Crippen molar-refractivity contribution in [1.29, 1.82) is 0 Å². The number of hydrogen-bond acceptors (Lipinski definition) is 9. The number of carbonyl (C=O) groups excluding carboxylic acids is 2. The Hall–Kier alpha value is -4.69. The number of methoxy groups -OCH3 is 1. The fraction of sp³-hybridized carbons (Fsp3) is 0.355. The number of benzene rings is 3. The zero-order valence-electron chi connectivity index (χ0n) is 25.3. The van der Waals surface area contributed by atoms with Crippen LogP contribution in [-0.4, -0.2) is 88.1 Å². The van der Waals surface area contributed by atoms with Crippen LogP contribution in [0.4, 0.5) is 16.2 Å². The molecule has 240 valence electrons. The Balaban J connectivity index is 1.38. The van der Waals surface area contributed by atoms with Gasteiger partial charge in [0.15, 0.2) is 11.5 Å². The fourth-order valence-electron chi connectivity index (χ4n) is 5.02. The second-order valence-corrected chi connectivity index (χ2v) is 12.7. The van der Waals surface area contributed by atoms with Gasteiger partial charge in [-0.2, -0.15) is 0 Å². The summed E-state index contributed by atoms with van der Waals surface area (Å²) in [5.74, 6) is 1.21. The number of carbonyl (C=O) groups is 2. The number of aliphatic hydroxyl groups is 1. The lowest BCUT2D eigenvalue weighted by molar-refractivity contribution is 0.0371. The molecule has 0 aliphatic carbocycles. The standard InChI is InChI=1S/C31H36N4O9S/c1-19-15-35(20(2)17-36)30(37)25-13-22(33-45(39,40)24-9-7-23(41-4)8-10-24)6-11-26(25)44-29(19)16-34(3)31(38)32-21-5-12-27-28(14-21)43-18-42-27/h5-14,19-20,29,33,36H,15-18H2,1-4H3,(H,32,38)/t19-,20+,29-/m1/s1. The number of hydrogen-bond donors (Lipinski definition) is 3. The van der Waals surface area contributed by atoms with E-state index in [0.29, 0.717) is 22.9 Å². The number of amides is 3.